The smallest absolute Gasteiger partial charge is 0.263 e. The average molecular weight is 533 g/mol. The van der Waals surface area contributed by atoms with Crippen LogP contribution >= 0.6 is 11.3 Å². The van der Waals surface area contributed by atoms with Crippen LogP contribution in [0.25, 0.3) is 10.2 Å². The molecule has 2 fully saturated rings. The Kier molecular flexibility index (Phi) is 6.76. The van der Waals surface area contributed by atoms with Crippen LogP contribution < -0.4 is 10.5 Å². The van der Waals surface area contributed by atoms with Gasteiger partial charge in [-0.25, -0.2) is 23.4 Å². The van der Waals surface area contributed by atoms with Gasteiger partial charge in [0.1, 0.15) is 16.3 Å². The molecule has 0 atom stereocenters. The number of anilines is 1. The van der Waals surface area contributed by atoms with Crippen molar-refractivity contribution in [3.05, 3.63) is 40.0 Å². The van der Waals surface area contributed by atoms with Crippen molar-refractivity contribution in [2.45, 2.75) is 18.4 Å². The van der Waals surface area contributed by atoms with E-state index in [1.165, 1.54) is 26.5 Å². The summed E-state index contributed by atoms with van der Waals surface area (Å²) in [5.74, 6) is 0.380. The highest BCUT2D eigenvalue weighted by molar-refractivity contribution is 7.89. The monoisotopic (exact) mass is 532 g/mol. The Morgan fingerprint density at radius 3 is 2.33 bits per heavy atom. The van der Waals surface area contributed by atoms with Crippen molar-refractivity contribution < 1.29 is 13.2 Å². The third kappa shape index (κ3) is 4.61. The Morgan fingerprint density at radius 1 is 1.00 bits per heavy atom. The molecule has 2 aliphatic rings. The molecule has 5 rings (SSSR count). The summed E-state index contributed by atoms with van der Waals surface area (Å²) < 4.78 is 30.1. The van der Waals surface area contributed by atoms with Gasteiger partial charge in [-0.2, -0.15) is 4.31 Å². The Morgan fingerprint density at radius 2 is 1.67 bits per heavy atom. The van der Waals surface area contributed by atoms with Crippen LogP contribution in [0.5, 0.6) is 0 Å². The number of fused-ring (bicyclic) bond motifs is 1. The van der Waals surface area contributed by atoms with Gasteiger partial charge in [-0.15, -0.1) is 11.3 Å². The number of aromatic nitrogens is 4. The van der Waals surface area contributed by atoms with Crippen LogP contribution in [0.2, 0.25) is 0 Å². The van der Waals surface area contributed by atoms with E-state index in [-0.39, 0.29) is 35.8 Å². The lowest BCUT2D eigenvalue weighted by molar-refractivity contribution is -0.133. The summed E-state index contributed by atoms with van der Waals surface area (Å²) in [6, 6.07) is 1.73. The predicted octanol–water partition coefficient (Wildman–Crippen LogP) is -0.159. The minimum absolute atomic E-state index is 0.00851. The van der Waals surface area contributed by atoms with Crippen molar-refractivity contribution in [2.75, 3.05) is 64.3 Å². The topological polar surface area (TPSA) is 125 Å². The minimum Gasteiger partial charge on any atom is -0.339 e. The summed E-state index contributed by atoms with van der Waals surface area (Å²) in [6.07, 6.45) is 4.64. The van der Waals surface area contributed by atoms with E-state index < -0.39 is 15.6 Å². The standard InChI is InChI=1S/C22H28N8O4S2/c1-16-19(36(33,34)30-12-10-28(11-13-30)22-23-4-3-5-24-22)18-20(35-16)25-15-29(21(18)32)14-17(31)27-8-6-26(2)7-9-27/h3-5,15H,6-14H2,1-2H3. The molecule has 0 radical (unpaired) electrons. The normalized spacial score (nSPS) is 18.2. The Labute approximate surface area is 212 Å². The Bertz CT molecular complexity index is 1420. The molecule has 3 aromatic heterocycles. The molecule has 14 heteroatoms. The number of hydrogen-bond donors (Lipinski definition) is 0. The van der Waals surface area contributed by atoms with E-state index in [1.54, 1.807) is 30.3 Å². The van der Waals surface area contributed by atoms with E-state index in [9.17, 15) is 18.0 Å². The molecule has 0 unspecified atom stereocenters. The first kappa shape index (κ1) is 24.7. The van der Waals surface area contributed by atoms with E-state index in [2.05, 4.69) is 19.9 Å². The second kappa shape index (κ2) is 9.84. The molecule has 0 N–H and O–H groups in total. The van der Waals surface area contributed by atoms with Crippen molar-refractivity contribution in [1.82, 2.24) is 33.6 Å². The molecule has 12 nitrogen and oxygen atoms in total. The number of carbonyl (C=O) groups excluding carboxylic acids is 1. The molecule has 36 heavy (non-hydrogen) atoms. The van der Waals surface area contributed by atoms with Crippen LogP contribution in [-0.4, -0.2) is 107 Å². The number of carbonyl (C=O) groups is 1. The number of amides is 1. The van der Waals surface area contributed by atoms with Gasteiger partial charge < -0.3 is 14.7 Å². The predicted molar refractivity (Wildman–Crippen MR) is 136 cm³/mol. The first-order chi connectivity index (χ1) is 17.3. The van der Waals surface area contributed by atoms with Crippen molar-refractivity contribution in [3.63, 3.8) is 0 Å². The van der Waals surface area contributed by atoms with Gasteiger partial charge >= 0.3 is 0 Å². The second-order valence-corrected chi connectivity index (χ2v) is 12.0. The quantitative estimate of drug-likeness (QED) is 0.441. The fourth-order valence-electron chi connectivity index (χ4n) is 4.55. The number of thiophene rings is 1. The zero-order valence-corrected chi connectivity index (χ0v) is 21.8. The summed E-state index contributed by atoms with van der Waals surface area (Å²) in [5, 5.41) is 0.0556. The largest absolute Gasteiger partial charge is 0.339 e. The number of sulfonamides is 1. The molecule has 0 bridgehead atoms. The zero-order chi connectivity index (χ0) is 25.4. The molecule has 0 spiro atoms. The lowest BCUT2D eigenvalue weighted by atomic mass is 10.3. The summed E-state index contributed by atoms with van der Waals surface area (Å²) >= 11 is 1.18. The van der Waals surface area contributed by atoms with Crippen LogP contribution in [-0.2, 0) is 21.4 Å². The molecule has 192 valence electrons. The van der Waals surface area contributed by atoms with Crippen molar-refractivity contribution >= 4 is 43.4 Å². The van der Waals surface area contributed by atoms with Gasteiger partial charge in [-0.1, -0.05) is 0 Å². The number of likely N-dealkylation sites (N-methyl/N-ethyl adjacent to an activating group) is 1. The number of hydrogen-bond acceptors (Lipinski definition) is 10. The van der Waals surface area contributed by atoms with E-state index >= 15 is 0 Å². The minimum atomic E-state index is -3.95. The van der Waals surface area contributed by atoms with Crippen molar-refractivity contribution in [3.8, 4) is 0 Å². The summed E-state index contributed by atoms with van der Waals surface area (Å²) in [7, 11) is -1.95. The van der Waals surface area contributed by atoms with Gasteiger partial charge in [0.15, 0.2) is 0 Å². The first-order valence-electron chi connectivity index (χ1n) is 11.7. The second-order valence-electron chi connectivity index (χ2n) is 8.97. The molecule has 0 aromatic carbocycles. The van der Waals surface area contributed by atoms with E-state index in [1.807, 2.05) is 11.9 Å². The molecule has 2 saturated heterocycles. The zero-order valence-electron chi connectivity index (χ0n) is 20.2. The SMILES string of the molecule is Cc1sc2ncn(CC(=O)N3CCN(C)CC3)c(=O)c2c1S(=O)(=O)N1CCN(c2ncccn2)CC1. The maximum atomic E-state index is 13.7. The summed E-state index contributed by atoms with van der Waals surface area (Å²) in [4.78, 5) is 45.7. The number of rotatable bonds is 5. The molecule has 3 aromatic rings. The Balaban J connectivity index is 1.40. The van der Waals surface area contributed by atoms with Gasteiger partial charge in [0.25, 0.3) is 5.56 Å². The summed E-state index contributed by atoms with van der Waals surface area (Å²) in [6.45, 7) is 5.61. The lowest BCUT2D eigenvalue weighted by Gasteiger charge is -2.33. The number of aryl methyl sites for hydroxylation is 1. The van der Waals surface area contributed by atoms with E-state index in [4.69, 9.17) is 0 Å². The third-order valence-corrected chi connectivity index (χ3v) is 9.85. The van der Waals surface area contributed by atoms with Crippen LogP contribution in [0.1, 0.15) is 4.88 Å². The van der Waals surface area contributed by atoms with Gasteiger partial charge in [0.05, 0.1) is 11.7 Å². The highest BCUT2D eigenvalue weighted by Crippen LogP contribution is 2.33. The van der Waals surface area contributed by atoms with Gasteiger partial charge in [-0.3, -0.25) is 14.2 Å². The van der Waals surface area contributed by atoms with Crippen molar-refractivity contribution in [1.29, 1.82) is 0 Å². The van der Waals surface area contributed by atoms with E-state index in [0.29, 0.717) is 41.8 Å². The van der Waals surface area contributed by atoms with Gasteiger partial charge in [-0.05, 0) is 20.0 Å². The highest BCUT2D eigenvalue weighted by atomic mass is 32.2. The fourth-order valence-corrected chi connectivity index (χ4v) is 7.64. The number of piperazine rings is 2. The Hall–Kier alpha value is -2.94. The highest BCUT2D eigenvalue weighted by Gasteiger charge is 2.34. The van der Waals surface area contributed by atoms with Crippen LogP contribution in [0.15, 0.2) is 34.5 Å². The van der Waals surface area contributed by atoms with E-state index in [0.717, 1.165) is 13.1 Å². The van der Waals surface area contributed by atoms with Gasteiger partial charge in [0.2, 0.25) is 21.9 Å². The van der Waals surface area contributed by atoms with Crippen LogP contribution in [0, 0.1) is 6.92 Å². The van der Waals surface area contributed by atoms with Crippen LogP contribution in [0.3, 0.4) is 0 Å². The first-order valence-corrected chi connectivity index (χ1v) is 14.0. The molecular weight excluding hydrogens is 504 g/mol. The number of nitrogens with zero attached hydrogens (tertiary/aromatic N) is 8. The third-order valence-electron chi connectivity index (χ3n) is 6.63. The molecular formula is C22H28N8O4S2. The average Bonchev–Trinajstić information content (AvgIpc) is 3.24. The molecule has 1 amide bonds. The molecule has 5 heterocycles. The van der Waals surface area contributed by atoms with Crippen LogP contribution in [0.4, 0.5) is 5.95 Å². The fraction of sp³-hybridized carbons (Fsp3) is 0.500. The summed E-state index contributed by atoms with van der Waals surface area (Å²) in [5.41, 5.74) is -0.512. The van der Waals surface area contributed by atoms with Gasteiger partial charge in [0, 0.05) is 69.6 Å². The van der Waals surface area contributed by atoms with Crippen molar-refractivity contribution in [2.24, 2.45) is 0 Å². The molecule has 0 saturated carbocycles. The maximum Gasteiger partial charge on any atom is 0.263 e. The molecule has 0 aliphatic carbocycles. The maximum absolute atomic E-state index is 13.7. The molecule has 2 aliphatic heterocycles. The lowest BCUT2D eigenvalue weighted by Crippen LogP contribution is -2.49.